The fourth-order valence-electron chi connectivity index (χ4n) is 3.80. The molecule has 0 atom stereocenters. The van der Waals surface area contributed by atoms with Gasteiger partial charge in [-0.2, -0.15) is 0 Å². The third-order valence-electron chi connectivity index (χ3n) is 5.40. The van der Waals surface area contributed by atoms with Crippen LogP contribution in [0.1, 0.15) is 41.9 Å². The van der Waals surface area contributed by atoms with Crippen LogP contribution in [0.2, 0.25) is 0 Å². The molecule has 2 aliphatic heterocycles. The van der Waals surface area contributed by atoms with E-state index in [0.717, 1.165) is 62.3 Å². The van der Waals surface area contributed by atoms with E-state index >= 15 is 0 Å². The first kappa shape index (κ1) is 17.9. The van der Waals surface area contributed by atoms with Crippen LogP contribution in [0, 0.1) is 0 Å². The number of nitrogens with zero attached hydrogens (tertiary/aromatic N) is 4. The molecule has 6 heteroatoms. The van der Waals surface area contributed by atoms with Gasteiger partial charge in [0.25, 0.3) is 5.56 Å². The minimum absolute atomic E-state index is 0.00377. The van der Waals surface area contributed by atoms with Crippen LogP contribution in [0.5, 0.6) is 0 Å². The summed E-state index contributed by atoms with van der Waals surface area (Å²) in [6.45, 7) is 3.27. The van der Waals surface area contributed by atoms with Gasteiger partial charge >= 0.3 is 0 Å². The maximum Gasteiger partial charge on any atom is 0.255 e. The summed E-state index contributed by atoms with van der Waals surface area (Å²) in [5.41, 5.74) is 5.18. The third kappa shape index (κ3) is 3.95. The molecular formula is C21H27N5O. The quantitative estimate of drug-likeness (QED) is 0.903. The Labute approximate surface area is 160 Å². The van der Waals surface area contributed by atoms with Gasteiger partial charge in [0.15, 0.2) is 5.82 Å². The van der Waals surface area contributed by atoms with Gasteiger partial charge in [0, 0.05) is 52.4 Å². The molecule has 1 aromatic carbocycles. The fraction of sp³-hybridized carbons (Fsp3) is 0.476. The van der Waals surface area contributed by atoms with E-state index in [1.807, 2.05) is 14.1 Å². The van der Waals surface area contributed by atoms with E-state index < -0.39 is 0 Å². The molecule has 0 fully saturated rings. The van der Waals surface area contributed by atoms with Gasteiger partial charge in [-0.25, -0.2) is 4.98 Å². The second-order valence-corrected chi connectivity index (χ2v) is 7.65. The standard InChI is InChI=1S/C21H27N5O/c1-25(2)16-8-6-15(7-9-16)13-26-12-10-18-17(14-26)21(27)24-20(23-18)19-5-3-4-11-22-19/h6-9H,3-5,10-14H2,1-2H3,(H,23,24,27). The average molecular weight is 365 g/mol. The molecule has 2 aliphatic rings. The molecule has 2 aromatic rings. The van der Waals surface area contributed by atoms with E-state index in [4.69, 9.17) is 4.98 Å². The number of H-pyrrole nitrogens is 1. The molecule has 0 bridgehead atoms. The molecule has 4 rings (SSSR count). The van der Waals surface area contributed by atoms with E-state index in [1.165, 1.54) is 11.3 Å². The summed E-state index contributed by atoms with van der Waals surface area (Å²) in [7, 11) is 4.09. The van der Waals surface area contributed by atoms with Gasteiger partial charge in [-0.3, -0.25) is 14.7 Å². The average Bonchev–Trinajstić information content (AvgIpc) is 2.69. The molecule has 0 aliphatic carbocycles. The summed E-state index contributed by atoms with van der Waals surface area (Å²) in [4.78, 5) is 29.4. The van der Waals surface area contributed by atoms with Crippen molar-refractivity contribution in [3.05, 3.63) is 57.3 Å². The van der Waals surface area contributed by atoms with Crippen molar-refractivity contribution in [3.63, 3.8) is 0 Å². The number of rotatable bonds is 4. The maximum absolute atomic E-state index is 12.7. The van der Waals surface area contributed by atoms with Crippen molar-refractivity contribution in [2.75, 3.05) is 32.1 Å². The molecule has 1 aromatic heterocycles. The van der Waals surface area contributed by atoms with Gasteiger partial charge in [0.1, 0.15) is 0 Å². The number of aromatic amines is 1. The van der Waals surface area contributed by atoms with Crippen LogP contribution in [0.25, 0.3) is 0 Å². The summed E-state index contributed by atoms with van der Waals surface area (Å²) in [5, 5.41) is 0. The van der Waals surface area contributed by atoms with E-state index in [9.17, 15) is 4.79 Å². The lowest BCUT2D eigenvalue weighted by Crippen LogP contribution is -2.36. The molecule has 3 heterocycles. The molecular weight excluding hydrogens is 338 g/mol. The lowest BCUT2D eigenvalue weighted by atomic mass is 10.0. The maximum atomic E-state index is 12.7. The van der Waals surface area contributed by atoms with Gasteiger partial charge in [0.05, 0.1) is 17.0 Å². The number of aromatic nitrogens is 2. The third-order valence-corrected chi connectivity index (χ3v) is 5.40. The zero-order valence-electron chi connectivity index (χ0n) is 16.2. The predicted octanol–water partition coefficient (Wildman–Crippen LogP) is 2.37. The smallest absolute Gasteiger partial charge is 0.255 e. The molecule has 1 N–H and O–H groups in total. The molecule has 27 heavy (non-hydrogen) atoms. The van der Waals surface area contributed by atoms with Crippen LogP contribution in [0.3, 0.4) is 0 Å². The minimum Gasteiger partial charge on any atom is -0.378 e. The minimum atomic E-state index is -0.00377. The van der Waals surface area contributed by atoms with Gasteiger partial charge in [-0.1, -0.05) is 12.1 Å². The van der Waals surface area contributed by atoms with Gasteiger partial charge in [-0.05, 0) is 37.0 Å². The van der Waals surface area contributed by atoms with Gasteiger partial charge in [0.2, 0.25) is 0 Å². The van der Waals surface area contributed by atoms with Crippen molar-refractivity contribution in [1.82, 2.24) is 14.9 Å². The van der Waals surface area contributed by atoms with Crippen LogP contribution in [-0.2, 0) is 19.5 Å². The lowest BCUT2D eigenvalue weighted by molar-refractivity contribution is 0.241. The number of aliphatic imine (C=N–C) groups is 1. The van der Waals surface area contributed by atoms with E-state index in [0.29, 0.717) is 12.4 Å². The Morgan fingerprint density at radius 1 is 1.15 bits per heavy atom. The first-order chi connectivity index (χ1) is 13.1. The molecule has 0 amide bonds. The summed E-state index contributed by atoms with van der Waals surface area (Å²) >= 11 is 0. The first-order valence-corrected chi connectivity index (χ1v) is 9.74. The summed E-state index contributed by atoms with van der Waals surface area (Å²) in [5.74, 6) is 0.686. The largest absolute Gasteiger partial charge is 0.378 e. The van der Waals surface area contributed by atoms with Crippen molar-refractivity contribution in [1.29, 1.82) is 0 Å². The predicted molar refractivity (Wildman–Crippen MR) is 109 cm³/mol. The number of anilines is 1. The normalized spacial score (nSPS) is 17.3. The van der Waals surface area contributed by atoms with Gasteiger partial charge < -0.3 is 9.88 Å². The number of hydrogen-bond donors (Lipinski definition) is 1. The molecule has 0 spiro atoms. The van der Waals surface area contributed by atoms with Crippen LogP contribution in [0.4, 0.5) is 5.69 Å². The Morgan fingerprint density at radius 2 is 1.96 bits per heavy atom. The van der Waals surface area contributed by atoms with Crippen molar-refractivity contribution in [3.8, 4) is 0 Å². The van der Waals surface area contributed by atoms with E-state index in [-0.39, 0.29) is 5.56 Å². The molecule has 142 valence electrons. The lowest BCUT2D eigenvalue weighted by Gasteiger charge is -2.28. The zero-order chi connectivity index (χ0) is 18.8. The van der Waals surface area contributed by atoms with Gasteiger partial charge in [-0.15, -0.1) is 0 Å². The zero-order valence-corrected chi connectivity index (χ0v) is 16.2. The van der Waals surface area contributed by atoms with Crippen LogP contribution in [-0.4, -0.2) is 47.8 Å². The summed E-state index contributed by atoms with van der Waals surface area (Å²) < 4.78 is 0. The van der Waals surface area contributed by atoms with Crippen molar-refractivity contribution in [2.24, 2.45) is 4.99 Å². The summed E-state index contributed by atoms with van der Waals surface area (Å²) in [6.07, 6.45) is 3.98. The number of nitrogens with one attached hydrogen (secondary N) is 1. The number of fused-ring (bicyclic) bond motifs is 1. The van der Waals surface area contributed by atoms with Crippen molar-refractivity contribution < 1.29 is 0 Å². The van der Waals surface area contributed by atoms with Crippen molar-refractivity contribution in [2.45, 2.75) is 38.8 Å². The second kappa shape index (κ2) is 7.64. The second-order valence-electron chi connectivity index (χ2n) is 7.65. The Hall–Kier alpha value is -2.47. The number of hydrogen-bond acceptors (Lipinski definition) is 5. The molecule has 0 saturated heterocycles. The van der Waals surface area contributed by atoms with Crippen LogP contribution < -0.4 is 10.5 Å². The highest BCUT2D eigenvalue weighted by Gasteiger charge is 2.22. The number of benzene rings is 1. The highest BCUT2D eigenvalue weighted by Crippen LogP contribution is 2.19. The van der Waals surface area contributed by atoms with E-state index in [1.54, 1.807) is 0 Å². The highest BCUT2D eigenvalue weighted by molar-refractivity contribution is 5.97. The summed E-state index contributed by atoms with van der Waals surface area (Å²) in [6, 6.07) is 8.60. The molecule has 0 radical (unpaired) electrons. The Balaban J connectivity index is 1.49. The van der Waals surface area contributed by atoms with Crippen molar-refractivity contribution >= 4 is 11.4 Å². The fourth-order valence-corrected chi connectivity index (χ4v) is 3.80. The SMILES string of the molecule is CN(C)c1ccc(CN2CCc3nc(C4=NCCCC4)[nH]c(=O)c3C2)cc1. The molecule has 0 saturated carbocycles. The Morgan fingerprint density at radius 3 is 2.67 bits per heavy atom. The van der Waals surface area contributed by atoms with Crippen LogP contribution >= 0.6 is 0 Å². The van der Waals surface area contributed by atoms with E-state index in [2.05, 4.69) is 44.0 Å². The highest BCUT2D eigenvalue weighted by atomic mass is 16.1. The first-order valence-electron chi connectivity index (χ1n) is 9.74. The Kier molecular flexibility index (Phi) is 5.07. The Bertz CT molecular complexity index is 898. The monoisotopic (exact) mass is 365 g/mol. The van der Waals surface area contributed by atoms with Crippen LogP contribution in [0.15, 0.2) is 34.1 Å². The topological polar surface area (TPSA) is 64.6 Å². The molecule has 6 nitrogen and oxygen atoms in total. The molecule has 0 unspecified atom stereocenters.